The molecule has 3 N–H and O–H groups in total. The van der Waals surface area contributed by atoms with Crippen LogP contribution < -0.4 is 15.4 Å². The number of ether oxygens (including phenoxy) is 2. The molecule has 0 bridgehead atoms. The van der Waals surface area contributed by atoms with Gasteiger partial charge in [0.2, 0.25) is 0 Å². The Morgan fingerprint density at radius 2 is 2.14 bits per heavy atom. The van der Waals surface area contributed by atoms with Crippen LogP contribution in [0.5, 0.6) is 5.75 Å². The Kier molecular flexibility index (Phi) is 5.20. The van der Waals surface area contributed by atoms with Gasteiger partial charge in [-0.05, 0) is 38.0 Å². The van der Waals surface area contributed by atoms with Gasteiger partial charge in [-0.3, -0.25) is 4.79 Å². The van der Waals surface area contributed by atoms with Crippen LogP contribution in [-0.4, -0.2) is 44.4 Å². The zero-order chi connectivity index (χ0) is 15.3. The molecule has 2 rings (SSSR count). The Labute approximate surface area is 126 Å². The van der Waals surface area contributed by atoms with E-state index in [2.05, 4.69) is 10.6 Å². The highest BCUT2D eigenvalue weighted by Gasteiger charge is 2.29. The topological polar surface area (TPSA) is 64.2 Å². The number of hydrogen-bond acceptors (Lipinski definition) is 3. The van der Waals surface area contributed by atoms with Crippen LogP contribution >= 0.6 is 0 Å². The summed E-state index contributed by atoms with van der Waals surface area (Å²) in [5.74, 6) is 0.816. The van der Waals surface area contributed by atoms with Crippen LogP contribution in [0, 0.1) is 0 Å². The molecule has 0 aliphatic carbocycles. The Morgan fingerprint density at radius 3 is 2.71 bits per heavy atom. The van der Waals surface area contributed by atoms with E-state index in [1.807, 2.05) is 38.1 Å². The van der Waals surface area contributed by atoms with E-state index in [0.717, 1.165) is 24.3 Å². The first-order valence-corrected chi connectivity index (χ1v) is 7.38. The van der Waals surface area contributed by atoms with Gasteiger partial charge in [-0.1, -0.05) is 12.1 Å². The first kappa shape index (κ1) is 15.8. The lowest BCUT2D eigenvalue weighted by Gasteiger charge is -2.29. The lowest BCUT2D eigenvalue weighted by Crippen LogP contribution is -2.90. The van der Waals surface area contributed by atoms with Gasteiger partial charge in [0.15, 0.2) is 6.10 Å². The van der Waals surface area contributed by atoms with E-state index in [1.54, 1.807) is 7.11 Å². The number of methoxy groups -OCH3 is 1. The number of carbonyl (C=O) groups excluding carboxylic acids is 1. The van der Waals surface area contributed by atoms with Crippen molar-refractivity contribution in [3.63, 3.8) is 0 Å². The summed E-state index contributed by atoms with van der Waals surface area (Å²) in [6.45, 7) is 6.32. The fourth-order valence-electron chi connectivity index (χ4n) is 2.53. The number of quaternary nitrogens is 1. The number of hydrogen-bond donors (Lipinski definition) is 2. The molecule has 1 amide bonds. The minimum absolute atomic E-state index is 0.0236. The molecule has 1 saturated heterocycles. The molecule has 5 nitrogen and oxygen atoms in total. The molecule has 0 radical (unpaired) electrons. The first-order chi connectivity index (χ1) is 10.00. The van der Waals surface area contributed by atoms with Crippen molar-refractivity contribution < 1.29 is 19.6 Å². The number of amides is 1. The van der Waals surface area contributed by atoms with Gasteiger partial charge in [0.05, 0.1) is 20.3 Å². The van der Waals surface area contributed by atoms with Crippen molar-refractivity contribution in [3.05, 3.63) is 29.8 Å². The predicted molar refractivity (Wildman–Crippen MR) is 80.3 cm³/mol. The highest BCUT2D eigenvalue weighted by Crippen LogP contribution is 2.17. The highest BCUT2D eigenvalue weighted by molar-refractivity contribution is 5.81. The normalized spacial score (nSPS) is 19.1. The second-order valence-electron chi connectivity index (χ2n) is 6.07. The Balaban J connectivity index is 1.92. The van der Waals surface area contributed by atoms with E-state index in [4.69, 9.17) is 9.47 Å². The van der Waals surface area contributed by atoms with Crippen molar-refractivity contribution in [2.45, 2.75) is 31.9 Å². The Morgan fingerprint density at radius 1 is 1.43 bits per heavy atom. The van der Waals surface area contributed by atoms with Gasteiger partial charge in [-0.25, -0.2) is 0 Å². The molecule has 1 aromatic rings. The smallest absolute Gasteiger partial charge is 0.255 e. The van der Waals surface area contributed by atoms with Crippen molar-refractivity contribution in [1.82, 2.24) is 5.32 Å². The van der Waals surface area contributed by atoms with E-state index in [9.17, 15) is 4.79 Å². The van der Waals surface area contributed by atoms with E-state index < -0.39 is 0 Å². The van der Waals surface area contributed by atoms with Gasteiger partial charge in [-0.15, -0.1) is 0 Å². The maximum absolute atomic E-state index is 12.2. The summed E-state index contributed by atoms with van der Waals surface area (Å²) in [4.78, 5) is 12.2. The molecular weight excluding hydrogens is 268 g/mol. The second kappa shape index (κ2) is 6.91. The molecule has 1 unspecified atom stereocenters. The zero-order valence-corrected chi connectivity index (χ0v) is 13.0. The van der Waals surface area contributed by atoms with Crippen LogP contribution in [-0.2, 0) is 16.0 Å². The molecule has 1 aromatic carbocycles. The molecule has 21 heavy (non-hydrogen) atoms. The van der Waals surface area contributed by atoms with E-state index in [-0.39, 0.29) is 17.6 Å². The summed E-state index contributed by atoms with van der Waals surface area (Å²) in [7, 11) is 1.65. The largest absolute Gasteiger partial charge is 0.497 e. The molecule has 1 aliphatic rings. The van der Waals surface area contributed by atoms with Crippen LogP contribution in [0.1, 0.15) is 19.4 Å². The summed E-state index contributed by atoms with van der Waals surface area (Å²) < 4.78 is 10.7. The number of carbonyl (C=O) groups is 1. The molecule has 0 spiro atoms. The maximum atomic E-state index is 12.2. The first-order valence-electron chi connectivity index (χ1n) is 7.38. The van der Waals surface area contributed by atoms with Crippen LogP contribution in [0.15, 0.2) is 24.3 Å². The molecule has 0 saturated carbocycles. The molecular formula is C16H25N2O3+. The lowest BCUT2D eigenvalue weighted by molar-refractivity contribution is -0.674. The third-order valence-electron chi connectivity index (χ3n) is 3.58. The third kappa shape index (κ3) is 4.72. The SMILES string of the molecule is COc1ccc(CC(C)(C)NC(=O)C2C[NH2+]CCO2)cc1. The van der Waals surface area contributed by atoms with Crippen LogP contribution in [0.3, 0.4) is 0 Å². The van der Waals surface area contributed by atoms with Gasteiger partial charge >= 0.3 is 0 Å². The molecule has 5 heteroatoms. The summed E-state index contributed by atoms with van der Waals surface area (Å²) in [6.07, 6.45) is 0.424. The van der Waals surface area contributed by atoms with Gasteiger partial charge < -0.3 is 20.1 Å². The van der Waals surface area contributed by atoms with Crippen LogP contribution in [0.4, 0.5) is 0 Å². The summed E-state index contributed by atoms with van der Waals surface area (Å²) in [5.41, 5.74) is 0.851. The lowest BCUT2D eigenvalue weighted by atomic mass is 9.94. The predicted octanol–water partition coefficient (Wildman–Crippen LogP) is 0.0947. The summed E-state index contributed by atoms with van der Waals surface area (Å²) in [5, 5.41) is 5.20. The van der Waals surface area contributed by atoms with Gasteiger partial charge in [0.25, 0.3) is 5.91 Å². The Bertz CT molecular complexity index is 465. The van der Waals surface area contributed by atoms with Crippen LogP contribution in [0.25, 0.3) is 0 Å². The summed E-state index contributed by atoms with van der Waals surface area (Å²) >= 11 is 0. The average molecular weight is 293 g/mol. The number of nitrogens with one attached hydrogen (secondary N) is 1. The monoisotopic (exact) mass is 293 g/mol. The minimum atomic E-state index is -0.339. The van der Waals surface area contributed by atoms with Crippen molar-refractivity contribution in [2.75, 3.05) is 26.8 Å². The standard InChI is InChI=1S/C16H24N2O3/c1-16(2,10-12-4-6-13(20-3)7-5-12)18-15(19)14-11-17-8-9-21-14/h4-7,14,17H,8-11H2,1-3H3,(H,18,19)/p+1. The van der Waals surface area contributed by atoms with Gasteiger partial charge in [-0.2, -0.15) is 0 Å². The second-order valence-corrected chi connectivity index (χ2v) is 6.07. The van der Waals surface area contributed by atoms with E-state index >= 15 is 0 Å². The third-order valence-corrected chi connectivity index (χ3v) is 3.58. The van der Waals surface area contributed by atoms with Crippen molar-refractivity contribution in [2.24, 2.45) is 0 Å². The minimum Gasteiger partial charge on any atom is -0.497 e. The van der Waals surface area contributed by atoms with Crippen LogP contribution in [0.2, 0.25) is 0 Å². The number of morpholine rings is 1. The quantitative estimate of drug-likeness (QED) is 0.809. The zero-order valence-electron chi connectivity index (χ0n) is 13.0. The average Bonchev–Trinajstić information content (AvgIpc) is 2.48. The fraction of sp³-hybridized carbons (Fsp3) is 0.562. The molecule has 1 heterocycles. The maximum Gasteiger partial charge on any atom is 0.255 e. The van der Waals surface area contributed by atoms with Crippen molar-refractivity contribution in [3.8, 4) is 5.75 Å². The molecule has 1 atom stereocenters. The fourth-order valence-corrected chi connectivity index (χ4v) is 2.53. The summed E-state index contributed by atoms with van der Waals surface area (Å²) in [6, 6.07) is 7.92. The number of nitrogens with two attached hydrogens (primary N) is 1. The number of rotatable bonds is 5. The molecule has 1 aliphatic heterocycles. The Hall–Kier alpha value is -1.59. The molecule has 116 valence electrons. The molecule has 0 aromatic heterocycles. The van der Waals surface area contributed by atoms with Crippen molar-refractivity contribution >= 4 is 5.91 Å². The highest BCUT2D eigenvalue weighted by atomic mass is 16.5. The molecule has 1 fully saturated rings. The van der Waals surface area contributed by atoms with E-state index in [1.165, 1.54) is 0 Å². The van der Waals surface area contributed by atoms with E-state index in [0.29, 0.717) is 13.2 Å². The van der Waals surface area contributed by atoms with Gasteiger partial charge in [0.1, 0.15) is 12.3 Å². The van der Waals surface area contributed by atoms with Gasteiger partial charge in [0, 0.05) is 5.54 Å². The number of benzene rings is 1. The van der Waals surface area contributed by atoms with Crippen molar-refractivity contribution in [1.29, 1.82) is 0 Å².